The highest BCUT2D eigenvalue weighted by atomic mass is 35.5. The normalized spacial score (nSPS) is 10.6. The van der Waals surface area contributed by atoms with E-state index in [1.165, 1.54) is 11.3 Å². The Hall–Kier alpha value is -2.09. The topological polar surface area (TPSA) is 77.2 Å². The van der Waals surface area contributed by atoms with Crippen molar-refractivity contribution in [2.75, 3.05) is 6.61 Å². The molecule has 0 aliphatic rings. The number of ether oxygens (including phenoxy) is 1. The van der Waals surface area contributed by atoms with Crippen LogP contribution in [0.2, 0.25) is 10.0 Å². The SMILES string of the molecule is O=C(COc1ccc(Cl)cc1Cl)NCc1nnc(-c2cccs2)o1. The van der Waals surface area contributed by atoms with Crippen molar-refractivity contribution >= 4 is 40.4 Å². The maximum Gasteiger partial charge on any atom is 0.258 e. The van der Waals surface area contributed by atoms with E-state index in [2.05, 4.69) is 15.5 Å². The zero-order chi connectivity index (χ0) is 16.9. The Labute approximate surface area is 151 Å². The van der Waals surface area contributed by atoms with Gasteiger partial charge in [0, 0.05) is 5.02 Å². The van der Waals surface area contributed by atoms with Gasteiger partial charge in [0.15, 0.2) is 6.61 Å². The van der Waals surface area contributed by atoms with Gasteiger partial charge in [-0.25, -0.2) is 0 Å². The van der Waals surface area contributed by atoms with Crippen LogP contribution < -0.4 is 10.1 Å². The Bertz CT molecular complexity index is 836. The third-order valence-corrected chi connectivity index (χ3v) is 4.28. The molecule has 3 rings (SSSR count). The fourth-order valence-corrected chi connectivity index (χ4v) is 2.89. The first-order valence-electron chi connectivity index (χ1n) is 6.82. The van der Waals surface area contributed by atoms with Crippen LogP contribution in [0.1, 0.15) is 5.89 Å². The number of nitrogens with zero attached hydrogens (tertiary/aromatic N) is 2. The monoisotopic (exact) mass is 383 g/mol. The summed E-state index contributed by atoms with van der Waals surface area (Å²) < 4.78 is 10.8. The lowest BCUT2D eigenvalue weighted by Crippen LogP contribution is -2.28. The molecular weight excluding hydrogens is 373 g/mol. The van der Waals surface area contributed by atoms with Crippen LogP contribution >= 0.6 is 34.5 Å². The molecule has 2 heterocycles. The van der Waals surface area contributed by atoms with Gasteiger partial charge in [-0.15, -0.1) is 21.5 Å². The predicted molar refractivity (Wildman–Crippen MR) is 91.4 cm³/mol. The third kappa shape index (κ3) is 4.25. The molecular formula is C15H11Cl2N3O3S. The van der Waals surface area contributed by atoms with Crippen LogP contribution in [0.5, 0.6) is 5.75 Å². The van der Waals surface area contributed by atoms with E-state index in [1.807, 2.05) is 17.5 Å². The van der Waals surface area contributed by atoms with Gasteiger partial charge >= 0.3 is 0 Å². The van der Waals surface area contributed by atoms with E-state index in [4.69, 9.17) is 32.4 Å². The Balaban J connectivity index is 1.49. The molecule has 1 aromatic carbocycles. The standard InChI is InChI=1S/C15H11Cl2N3O3S/c16-9-3-4-11(10(17)6-9)22-8-13(21)18-7-14-19-20-15(23-14)12-2-1-5-24-12/h1-6H,7-8H2,(H,18,21). The second-order valence-corrected chi connectivity index (χ2v) is 6.41. The number of nitrogens with one attached hydrogen (secondary N) is 1. The van der Waals surface area contributed by atoms with Crippen LogP contribution in [0.3, 0.4) is 0 Å². The molecule has 0 fully saturated rings. The number of thiophene rings is 1. The molecule has 0 saturated carbocycles. The minimum Gasteiger partial charge on any atom is -0.482 e. The van der Waals surface area contributed by atoms with Gasteiger partial charge < -0.3 is 14.5 Å². The zero-order valence-corrected chi connectivity index (χ0v) is 14.5. The summed E-state index contributed by atoms with van der Waals surface area (Å²) in [6.45, 7) is -0.0673. The number of aromatic nitrogens is 2. The summed E-state index contributed by atoms with van der Waals surface area (Å²) >= 11 is 13.3. The van der Waals surface area contributed by atoms with E-state index in [1.54, 1.807) is 18.2 Å². The number of benzene rings is 1. The minimum absolute atomic E-state index is 0.120. The number of amides is 1. The molecule has 0 atom stereocenters. The quantitative estimate of drug-likeness (QED) is 0.700. The summed E-state index contributed by atoms with van der Waals surface area (Å²) in [6.07, 6.45) is 0. The van der Waals surface area contributed by atoms with E-state index in [0.717, 1.165) is 4.88 Å². The average Bonchev–Trinajstić information content (AvgIpc) is 3.23. The van der Waals surface area contributed by atoms with E-state index in [-0.39, 0.29) is 19.1 Å². The molecule has 0 aliphatic carbocycles. The first-order valence-corrected chi connectivity index (χ1v) is 8.46. The average molecular weight is 384 g/mol. The first kappa shape index (κ1) is 16.8. The minimum atomic E-state index is -0.336. The Morgan fingerprint density at radius 1 is 1.29 bits per heavy atom. The fraction of sp³-hybridized carbons (Fsp3) is 0.133. The molecule has 6 nitrogen and oxygen atoms in total. The largest absolute Gasteiger partial charge is 0.482 e. The summed E-state index contributed by atoms with van der Waals surface area (Å²) in [5.41, 5.74) is 0. The maximum atomic E-state index is 11.8. The van der Waals surface area contributed by atoms with Crippen molar-refractivity contribution < 1.29 is 13.9 Å². The Morgan fingerprint density at radius 2 is 2.17 bits per heavy atom. The summed E-state index contributed by atoms with van der Waals surface area (Å²) in [5, 5.41) is 13.2. The van der Waals surface area contributed by atoms with E-state index >= 15 is 0 Å². The van der Waals surface area contributed by atoms with Gasteiger partial charge in [-0.1, -0.05) is 29.3 Å². The summed E-state index contributed by atoms with van der Waals surface area (Å²) in [6, 6.07) is 8.55. The van der Waals surface area contributed by atoms with Crippen molar-refractivity contribution in [2.45, 2.75) is 6.54 Å². The summed E-state index contributed by atoms with van der Waals surface area (Å²) in [7, 11) is 0. The number of carbonyl (C=O) groups is 1. The molecule has 0 aliphatic heterocycles. The molecule has 3 aromatic rings. The zero-order valence-electron chi connectivity index (χ0n) is 12.2. The molecule has 9 heteroatoms. The van der Waals surface area contributed by atoms with Gasteiger partial charge in [0.2, 0.25) is 5.89 Å². The molecule has 2 aromatic heterocycles. The van der Waals surface area contributed by atoms with E-state index < -0.39 is 0 Å². The lowest BCUT2D eigenvalue weighted by atomic mass is 10.3. The number of rotatable bonds is 6. The Kier molecular flexibility index (Phi) is 5.34. The highest BCUT2D eigenvalue weighted by molar-refractivity contribution is 7.13. The van der Waals surface area contributed by atoms with Crippen molar-refractivity contribution in [3.8, 4) is 16.5 Å². The molecule has 0 saturated heterocycles. The van der Waals surface area contributed by atoms with Crippen LogP contribution in [0.15, 0.2) is 40.1 Å². The lowest BCUT2D eigenvalue weighted by Gasteiger charge is -2.08. The third-order valence-electron chi connectivity index (χ3n) is 2.89. The Morgan fingerprint density at radius 3 is 2.92 bits per heavy atom. The van der Waals surface area contributed by atoms with Gasteiger partial charge in [0.05, 0.1) is 16.4 Å². The molecule has 0 spiro atoms. The van der Waals surface area contributed by atoms with E-state index in [0.29, 0.717) is 27.6 Å². The fourth-order valence-electron chi connectivity index (χ4n) is 1.79. The second kappa shape index (κ2) is 7.65. The molecule has 1 N–H and O–H groups in total. The smallest absolute Gasteiger partial charge is 0.258 e. The predicted octanol–water partition coefficient (Wildman–Crippen LogP) is 3.80. The molecule has 24 heavy (non-hydrogen) atoms. The van der Waals surface area contributed by atoms with Crippen LogP contribution in [-0.4, -0.2) is 22.7 Å². The van der Waals surface area contributed by atoms with Crippen molar-refractivity contribution in [3.63, 3.8) is 0 Å². The number of hydrogen-bond donors (Lipinski definition) is 1. The molecule has 1 amide bonds. The summed E-state index contributed by atoms with van der Waals surface area (Å²) in [4.78, 5) is 12.7. The number of carbonyl (C=O) groups excluding carboxylic acids is 1. The van der Waals surface area contributed by atoms with Gasteiger partial charge in [0.1, 0.15) is 5.75 Å². The van der Waals surface area contributed by atoms with Gasteiger partial charge in [-0.3, -0.25) is 4.79 Å². The van der Waals surface area contributed by atoms with Gasteiger partial charge in [0.25, 0.3) is 11.8 Å². The van der Waals surface area contributed by atoms with Gasteiger partial charge in [-0.05, 0) is 29.6 Å². The van der Waals surface area contributed by atoms with Crippen molar-refractivity contribution in [2.24, 2.45) is 0 Å². The highest BCUT2D eigenvalue weighted by Gasteiger charge is 2.11. The maximum absolute atomic E-state index is 11.8. The van der Waals surface area contributed by atoms with E-state index in [9.17, 15) is 4.79 Å². The van der Waals surface area contributed by atoms with Crippen molar-refractivity contribution in [3.05, 3.63) is 51.6 Å². The summed E-state index contributed by atoms with van der Waals surface area (Å²) in [5.74, 6) is 0.792. The van der Waals surface area contributed by atoms with Crippen LogP contribution in [0.4, 0.5) is 0 Å². The van der Waals surface area contributed by atoms with Gasteiger partial charge in [-0.2, -0.15) is 0 Å². The molecule has 0 unspecified atom stereocenters. The molecule has 0 bridgehead atoms. The van der Waals surface area contributed by atoms with Crippen molar-refractivity contribution in [1.82, 2.24) is 15.5 Å². The van der Waals surface area contributed by atoms with Crippen LogP contribution in [0, 0.1) is 0 Å². The first-order chi connectivity index (χ1) is 11.6. The van der Waals surface area contributed by atoms with Crippen LogP contribution in [-0.2, 0) is 11.3 Å². The van der Waals surface area contributed by atoms with Crippen molar-refractivity contribution in [1.29, 1.82) is 0 Å². The lowest BCUT2D eigenvalue weighted by molar-refractivity contribution is -0.123. The molecule has 124 valence electrons. The second-order valence-electron chi connectivity index (χ2n) is 4.62. The highest BCUT2D eigenvalue weighted by Crippen LogP contribution is 2.27. The number of hydrogen-bond acceptors (Lipinski definition) is 6. The van der Waals surface area contributed by atoms with Crippen LogP contribution in [0.25, 0.3) is 10.8 Å². The molecule has 0 radical (unpaired) electrons. The number of halogens is 2.